The maximum Gasteiger partial charge on any atom is 0.257 e. The van der Waals surface area contributed by atoms with Crippen LogP contribution in [-0.4, -0.2) is 30.3 Å². The zero-order valence-corrected chi connectivity index (χ0v) is 13.5. The molecule has 1 aliphatic rings. The molecule has 0 spiro atoms. The van der Waals surface area contributed by atoms with Gasteiger partial charge in [-0.15, -0.1) is 10.2 Å². The Hall–Kier alpha value is -2.15. The number of carbonyl (C=O) groups is 1. The van der Waals surface area contributed by atoms with Crippen LogP contribution in [0.5, 0.6) is 11.5 Å². The van der Waals surface area contributed by atoms with Crippen LogP contribution >= 0.6 is 11.3 Å². The van der Waals surface area contributed by atoms with Crippen LogP contribution < -0.4 is 14.8 Å². The van der Waals surface area contributed by atoms with Gasteiger partial charge in [0.05, 0.1) is 14.2 Å². The van der Waals surface area contributed by atoms with Gasteiger partial charge in [0.1, 0.15) is 16.5 Å². The quantitative estimate of drug-likeness (QED) is 0.917. The van der Waals surface area contributed by atoms with Gasteiger partial charge < -0.3 is 9.47 Å². The van der Waals surface area contributed by atoms with E-state index in [1.54, 1.807) is 26.4 Å². The lowest BCUT2D eigenvalue weighted by atomic mass is 10.1. The molecular weight excluding hydrogens is 302 g/mol. The van der Waals surface area contributed by atoms with Gasteiger partial charge in [-0.2, -0.15) is 0 Å². The van der Waals surface area contributed by atoms with Gasteiger partial charge in [0.25, 0.3) is 5.91 Å². The van der Waals surface area contributed by atoms with Gasteiger partial charge >= 0.3 is 0 Å². The molecule has 1 N–H and O–H groups in total. The van der Waals surface area contributed by atoms with E-state index in [2.05, 4.69) is 15.5 Å². The Morgan fingerprint density at radius 3 is 2.41 bits per heavy atom. The van der Waals surface area contributed by atoms with E-state index in [4.69, 9.17) is 9.47 Å². The van der Waals surface area contributed by atoms with Gasteiger partial charge in [0.15, 0.2) is 0 Å². The van der Waals surface area contributed by atoms with Gasteiger partial charge in [-0.25, -0.2) is 0 Å². The number of nitrogens with zero attached hydrogens (tertiary/aromatic N) is 2. The van der Waals surface area contributed by atoms with Crippen molar-refractivity contribution in [1.82, 2.24) is 10.2 Å². The Kier molecular flexibility index (Phi) is 3.98. The average Bonchev–Trinajstić information content (AvgIpc) is 3.27. The molecule has 3 rings (SSSR count). The minimum Gasteiger partial charge on any atom is -0.496 e. The van der Waals surface area contributed by atoms with Crippen molar-refractivity contribution in [2.45, 2.75) is 25.7 Å². The third-order valence-corrected chi connectivity index (χ3v) is 4.60. The van der Waals surface area contributed by atoms with Crippen LogP contribution in [0.1, 0.15) is 39.7 Å². The lowest BCUT2D eigenvalue weighted by Crippen LogP contribution is -2.12. The molecule has 2 aromatic rings. The van der Waals surface area contributed by atoms with Gasteiger partial charge in [-0.05, 0) is 31.9 Å². The predicted molar refractivity (Wildman–Crippen MR) is 84.1 cm³/mol. The standard InChI is InChI=1S/C15H17N3O3S/c1-8-11(20-2)6-10(7-12(8)21-3)13(19)16-15-18-17-14(22-15)9-4-5-9/h6-7,9H,4-5H2,1-3H3,(H,16,18,19). The van der Waals surface area contributed by atoms with Crippen LogP contribution in [0.2, 0.25) is 0 Å². The molecule has 116 valence electrons. The maximum atomic E-state index is 12.4. The van der Waals surface area contributed by atoms with Crippen molar-refractivity contribution in [2.75, 3.05) is 19.5 Å². The molecule has 1 aromatic carbocycles. The minimum atomic E-state index is -0.255. The summed E-state index contributed by atoms with van der Waals surface area (Å²) in [5.41, 5.74) is 1.32. The smallest absolute Gasteiger partial charge is 0.257 e. The van der Waals surface area contributed by atoms with Crippen LogP contribution in [0, 0.1) is 6.92 Å². The van der Waals surface area contributed by atoms with Crippen molar-refractivity contribution >= 4 is 22.4 Å². The van der Waals surface area contributed by atoms with Crippen molar-refractivity contribution in [3.05, 3.63) is 28.3 Å². The van der Waals surface area contributed by atoms with E-state index in [-0.39, 0.29) is 5.91 Å². The van der Waals surface area contributed by atoms with Crippen molar-refractivity contribution < 1.29 is 14.3 Å². The first-order chi connectivity index (χ1) is 10.6. The topological polar surface area (TPSA) is 73.3 Å². The van der Waals surface area contributed by atoms with Crippen LogP contribution in [-0.2, 0) is 0 Å². The van der Waals surface area contributed by atoms with E-state index in [0.29, 0.717) is 28.1 Å². The number of anilines is 1. The summed E-state index contributed by atoms with van der Waals surface area (Å²) in [5, 5.41) is 12.4. The first-order valence-corrected chi connectivity index (χ1v) is 7.81. The normalized spacial score (nSPS) is 13.8. The fourth-order valence-corrected chi connectivity index (χ4v) is 3.07. The van der Waals surface area contributed by atoms with E-state index in [9.17, 15) is 4.79 Å². The molecule has 1 amide bonds. The summed E-state index contributed by atoms with van der Waals surface area (Å²) in [4.78, 5) is 12.4. The largest absolute Gasteiger partial charge is 0.496 e. The van der Waals surface area contributed by atoms with Crippen LogP contribution in [0.25, 0.3) is 0 Å². The highest BCUT2D eigenvalue weighted by Crippen LogP contribution is 2.42. The zero-order chi connectivity index (χ0) is 15.7. The Morgan fingerprint density at radius 2 is 1.86 bits per heavy atom. The monoisotopic (exact) mass is 319 g/mol. The Morgan fingerprint density at radius 1 is 1.23 bits per heavy atom. The summed E-state index contributed by atoms with van der Waals surface area (Å²) < 4.78 is 10.6. The second-order valence-electron chi connectivity index (χ2n) is 5.18. The molecule has 1 aliphatic carbocycles. The van der Waals surface area contributed by atoms with Gasteiger partial charge in [-0.3, -0.25) is 10.1 Å². The molecule has 0 saturated heterocycles. The van der Waals surface area contributed by atoms with Gasteiger partial charge in [-0.1, -0.05) is 11.3 Å². The molecule has 0 unspecified atom stereocenters. The molecule has 0 bridgehead atoms. The van der Waals surface area contributed by atoms with E-state index in [0.717, 1.165) is 23.4 Å². The molecule has 1 saturated carbocycles. The second kappa shape index (κ2) is 5.92. The van der Waals surface area contributed by atoms with Crippen LogP contribution in [0.4, 0.5) is 5.13 Å². The molecule has 22 heavy (non-hydrogen) atoms. The third kappa shape index (κ3) is 2.89. The molecule has 7 heteroatoms. The summed E-state index contributed by atoms with van der Waals surface area (Å²) in [6.45, 7) is 1.88. The summed E-state index contributed by atoms with van der Waals surface area (Å²) >= 11 is 1.43. The number of benzene rings is 1. The average molecular weight is 319 g/mol. The van der Waals surface area contributed by atoms with Crippen LogP contribution in [0.3, 0.4) is 0 Å². The maximum absolute atomic E-state index is 12.4. The zero-order valence-electron chi connectivity index (χ0n) is 12.7. The fourth-order valence-electron chi connectivity index (χ4n) is 2.17. The number of amides is 1. The van der Waals surface area contributed by atoms with Crippen molar-refractivity contribution in [1.29, 1.82) is 0 Å². The molecule has 1 aromatic heterocycles. The van der Waals surface area contributed by atoms with E-state index >= 15 is 0 Å². The van der Waals surface area contributed by atoms with Gasteiger partial charge in [0, 0.05) is 17.0 Å². The number of nitrogens with one attached hydrogen (secondary N) is 1. The summed E-state index contributed by atoms with van der Waals surface area (Å²) in [6.07, 6.45) is 2.32. The van der Waals surface area contributed by atoms with Crippen molar-refractivity contribution in [3.63, 3.8) is 0 Å². The highest BCUT2D eigenvalue weighted by molar-refractivity contribution is 7.15. The molecule has 0 radical (unpaired) electrons. The number of aromatic nitrogens is 2. The van der Waals surface area contributed by atoms with Crippen molar-refractivity contribution in [2.24, 2.45) is 0 Å². The summed E-state index contributed by atoms with van der Waals surface area (Å²) in [6, 6.07) is 3.38. The first-order valence-electron chi connectivity index (χ1n) is 6.99. The lowest BCUT2D eigenvalue weighted by molar-refractivity contribution is 0.102. The predicted octanol–water partition coefficient (Wildman–Crippen LogP) is 2.99. The molecular formula is C15H17N3O3S. The second-order valence-corrected chi connectivity index (χ2v) is 6.19. The fraction of sp³-hybridized carbons (Fsp3) is 0.400. The Balaban J connectivity index is 1.81. The Labute approximate surface area is 132 Å². The number of carbonyl (C=O) groups excluding carboxylic acids is 1. The summed E-state index contributed by atoms with van der Waals surface area (Å²) in [5.74, 6) is 1.50. The number of ether oxygens (including phenoxy) is 2. The molecule has 0 atom stereocenters. The SMILES string of the molecule is COc1cc(C(=O)Nc2nnc(C3CC3)s2)cc(OC)c1C. The minimum absolute atomic E-state index is 0.255. The number of hydrogen-bond acceptors (Lipinski definition) is 6. The van der Waals surface area contributed by atoms with Gasteiger partial charge in [0.2, 0.25) is 5.13 Å². The van der Waals surface area contributed by atoms with Crippen LogP contribution in [0.15, 0.2) is 12.1 Å². The number of hydrogen-bond donors (Lipinski definition) is 1. The first kappa shape index (κ1) is 14.8. The molecule has 6 nitrogen and oxygen atoms in total. The Bertz CT molecular complexity index is 685. The van der Waals surface area contributed by atoms with E-state index in [1.807, 2.05) is 6.92 Å². The highest BCUT2D eigenvalue weighted by atomic mass is 32.1. The third-order valence-electron chi connectivity index (χ3n) is 3.60. The summed E-state index contributed by atoms with van der Waals surface area (Å²) in [7, 11) is 3.13. The lowest BCUT2D eigenvalue weighted by Gasteiger charge is -2.12. The number of methoxy groups -OCH3 is 2. The van der Waals surface area contributed by atoms with E-state index in [1.165, 1.54) is 11.3 Å². The molecule has 0 aliphatic heterocycles. The molecule has 1 fully saturated rings. The van der Waals surface area contributed by atoms with Crippen molar-refractivity contribution in [3.8, 4) is 11.5 Å². The number of rotatable bonds is 5. The van der Waals surface area contributed by atoms with E-state index < -0.39 is 0 Å². The molecule has 1 heterocycles. The highest BCUT2D eigenvalue weighted by Gasteiger charge is 2.27.